The molecule has 3 heterocycles. The largest absolute Gasteiger partial charge is 0.326 e. The Bertz CT molecular complexity index is 753. The van der Waals surface area contributed by atoms with Crippen LogP contribution in [-0.4, -0.2) is 24.8 Å². The van der Waals surface area contributed by atoms with Gasteiger partial charge >= 0.3 is 0 Å². The highest BCUT2D eigenvalue weighted by Gasteiger charge is 2.24. The lowest BCUT2D eigenvalue weighted by atomic mass is 10.1. The van der Waals surface area contributed by atoms with Gasteiger partial charge in [0.1, 0.15) is 5.69 Å². The van der Waals surface area contributed by atoms with Gasteiger partial charge < -0.3 is 5.73 Å². The van der Waals surface area contributed by atoms with Crippen LogP contribution < -0.4 is 5.73 Å². The van der Waals surface area contributed by atoms with Gasteiger partial charge in [0, 0.05) is 18.7 Å². The fourth-order valence-electron chi connectivity index (χ4n) is 2.85. The van der Waals surface area contributed by atoms with Gasteiger partial charge in [-0.05, 0) is 24.5 Å². The Balaban J connectivity index is 1.72. The van der Waals surface area contributed by atoms with E-state index in [1.54, 1.807) is 6.20 Å². The van der Waals surface area contributed by atoms with Crippen LogP contribution in [0.3, 0.4) is 0 Å². The third kappa shape index (κ3) is 2.22. The summed E-state index contributed by atoms with van der Waals surface area (Å²) in [5.74, 6) is 1.51. The number of nitrogens with two attached hydrogens (primary N) is 1. The first-order valence-corrected chi connectivity index (χ1v) is 8.04. The first kappa shape index (κ1) is 12.8. The Labute approximate surface area is 126 Å². The standard InChI is InChI=1S/C14H16N6S/c15-7-9-5-6-11(16-8-9)13-19-20-12(10-3-1-2-4-10)17-18-14(20)21-13/h5-6,8,10H,1-4,7,15H2. The van der Waals surface area contributed by atoms with Gasteiger partial charge in [-0.1, -0.05) is 30.2 Å². The monoisotopic (exact) mass is 300 g/mol. The minimum absolute atomic E-state index is 0.502. The van der Waals surface area contributed by atoms with Crippen LogP contribution in [0.4, 0.5) is 0 Å². The highest BCUT2D eigenvalue weighted by atomic mass is 32.1. The van der Waals surface area contributed by atoms with Crippen molar-refractivity contribution >= 4 is 16.3 Å². The van der Waals surface area contributed by atoms with Crippen molar-refractivity contribution in [3.05, 3.63) is 29.7 Å². The van der Waals surface area contributed by atoms with E-state index in [0.29, 0.717) is 12.5 Å². The summed E-state index contributed by atoms with van der Waals surface area (Å²) in [6, 6.07) is 3.95. The van der Waals surface area contributed by atoms with Gasteiger partial charge in [-0.3, -0.25) is 4.98 Å². The van der Waals surface area contributed by atoms with Crippen molar-refractivity contribution in [2.24, 2.45) is 5.73 Å². The predicted octanol–water partition coefficient (Wildman–Crippen LogP) is 2.36. The summed E-state index contributed by atoms with van der Waals surface area (Å²) >= 11 is 1.53. The van der Waals surface area contributed by atoms with Crippen molar-refractivity contribution < 1.29 is 0 Å². The quantitative estimate of drug-likeness (QED) is 0.803. The van der Waals surface area contributed by atoms with Gasteiger partial charge in [0.2, 0.25) is 4.96 Å². The number of aromatic nitrogens is 5. The van der Waals surface area contributed by atoms with E-state index in [1.165, 1.54) is 37.0 Å². The van der Waals surface area contributed by atoms with Crippen LogP contribution in [0.25, 0.3) is 15.7 Å². The smallest absolute Gasteiger partial charge is 0.235 e. The molecule has 6 nitrogen and oxygen atoms in total. The topological polar surface area (TPSA) is 82.0 Å². The lowest BCUT2D eigenvalue weighted by molar-refractivity contribution is 0.641. The molecule has 4 rings (SSSR count). The lowest BCUT2D eigenvalue weighted by Gasteiger charge is -2.03. The molecule has 3 aromatic rings. The van der Waals surface area contributed by atoms with E-state index in [9.17, 15) is 0 Å². The molecule has 108 valence electrons. The zero-order valence-electron chi connectivity index (χ0n) is 11.6. The van der Waals surface area contributed by atoms with E-state index in [2.05, 4.69) is 20.3 Å². The average Bonchev–Trinajstić information content (AvgIpc) is 3.23. The highest BCUT2D eigenvalue weighted by Crippen LogP contribution is 2.34. The molecule has 7 heteroatoms. The fraction of sp³-hybridized carbons (Fsp3) is 0.429. The Morgan fingerprint density at radius 1 is 1.24 bits per heavy atom. The summed E-state index contributed by atoms with van der Waals surface area (Å²) in [7, 11) is 0. The number of rotatable bonds is 3. The Morgan fingerprint density at radius 3 is 2.81 bits per heavy atom. The summed E-state index contributed by atoms with van der Waals surface area (Å²) in [6.07, 6.45) is 6.74. The molecule has 0 bridgehead atoms. The Hall–Kier alpha value is -1.86. The molecule has 0 saturated heterocycles. The molecule has 3 aromatic heterocycles. The zero-order chi connectivity index (χ0) is 14.2. The fourth-order valence-corrected chi connectivity index (χ4v) is 3.67. The van der Waals surface area contributed by atoms with E-state index in [4.69, 9.17) is 5.73 Å². The molecule has 1 aliphatic carbocycles. The maximum absolute atomic E-state index is 5.60. The van der Waals surface area contributed by atoms with E-state index < -0.39 is 0 Å². The van der Waals surface area contributed by atoms with Crippen molar-refractivity contribution in [1.82, 2.24) is 24.8 Å². The zero-order valence-corrected chi connectivity index (χ0v) is 12.4. The van der Waals surface area contributed by atoms with E-state index in [0.717, 1.165) is 27.1 Å². The number of fused-ring (bicyclic) bond motifs is 1. The van der Waals surface area contributed by atoms with Crippen molar-refractivity contribution in [2.45, 2.75) is 38.1 Å². The Kier molecular flexibility index (Phi) is 3.16. The van der Waals surface area contributed by atoms with E-state index in [-0.39, 0.29) is 0 Å². The number of hydrogen-bond acceptors (Lipinski definition) is 6. The molecular weight excluding hydrogens is 284 g/mol. The second-order valence-corrected chi connectivity index (χ2v) is 6.35. The minimum atomic E-state index is 0.502. The molecule has 21 heavy (non-hydrogen) atoms. The van der Waals surface area contributed by atoms with Crippen LogP contribution in [0.1, 0.15) is 43.0 Å². The highest BCUT2D eigenvalue weighted by molar-refractivity contribution is 7.19. The molecule has 0 unspecified atom stereocenters. The second kappa shape index (κ2) is 5.16. The summed E-state index contributed by atoms with van der Waals surface area (Å²) in [6.45, 7) is 0.504. The third-order valence-electron chi connectivity index (χ3n) is 4.01. The van der Waals surface area contributed by atoms with Gasteiger partial charge in [-0.15, -0.1) is 10.2 Å². The predicted molar refractivity (Wildman–Crippen MR) is 81.0 cm³/mol. The first-order valence-electron chi connectivity index (χ1n) is 7.22. The van der Waals surface area contributed by atoms with Crippen LogP contribution in [0.15, 0.2) is 18.3 Å². The van der Waals surface area contributed by atoms with Crippen LogP contribution in [-0.2, 0) is 6.54 Å². The van der Waals surface area contributed by atoms with Crippen LogP contribution in [0, 0.1) is 0 Å². The number of hydrogen-bond donors (Lipinski definition) is 1. The minimum Gasteiger partial charge on any atom is -0.326 e. The molecule has 0 aromatic carbocycles. The molecule has 1 aliphatic rings. The molecule has 0 radical (unpaired) electrons. The first-order chi connectivity index (χ1) is 10.3. The molecular formula is C14H16N6S. The van der Waals surface area contributed by atoms with Gasteiger partial charge in [0.15, 0.2) is 10.8 Å². The summed E-state index contributed by atoms with van der Waals surface area (Å²) in [5, 5.41) is 14.1. The summed E-state index contributed by atoms with van der Waals surface area (Å²) in [4.78, 5) is 5.27. The van der Waals surface area contributed by atoms with Gasteiger partial charge in [-0.2, -0.15) is 9.61 Å². The molecule has 0 atom stereocenters. The Morgan fingerprint density at radius 2 is 2.10 bits per heavy atom. The molecule has 1 saturated carbocycles. The maximum Gasteiger partial charge on any atom is 0.235 e. The third-order valence-corrected chi connectivity index (χ3v) is 4.94. The molecule has 1 fully saturated rings. The maximum atomic E-state index is 5.60. The van der Waals surface area contributed by atoms with Crippen LogP contribution in [0.2, 0.25) is 0 Å². The second-order valence-electron chi connectivity index (χ2n) is 5.40. The van der Waals surface area contributed by atoms with Gasteiger partial charge in [0.05, 0.1) is 0 Å². The summed E-state index contributed by atoms with van der Waals surface area (Å²) in [5.41, 5.74) is 7.48. The molecule has 0 spiro atoms. The molecule has 2 N–H and O–H groups in total. The molecule has 0 aliphatic heterocycles. The van der Waals surface area contributed by atoms with Gasteiger partial charge in [-0.25, -0.2) is 0 Å². The van der Waals surface area contributed by atoms with E-state index >= 15 is 0 Å². The van der Waals surface area contributed by atoms with Crippen molar-refractivity contribution in [2.75, 3.05) is 0 Å². The van der Waals surface area contributed by atoms with E-state index in [1.807, 2.05) is 16.6 Å². The lowest BCUT2D eigenvalue weighted by Crippen LogP contribution is -2.01. The SMILES string of the molecule is NCc1ccc(-c2nn3c(C4CCCC4)nnc3s2)nc1. The average molecular weight is 300 g/mol. The van der Waals surface area contributed by atoms with Crippen LogP contribution in [0.5, 0.6) is 0 Å². The number of nitrogens with zero attached hydrogens (tertiary/aromatic N) is 5. The number of pyridine rings is 1. The molecule has 0 amide bonds. The van der Waals surface area contributed by atoms with Crippen molar-refractivity contribution in [3.8, 4) is 10.7 Å². The van der Waals surface area contributed by atoms with Gasteiger partial charge in [0.25, 0.3) is 0 Å². The van der Waals surface area contributed by atoms with Crippen LogP contribution >= 0.6 is 11.3 Å². The van der Waals surface area contributed by atoms with Crippen molar-refractivity contribution in [3.63, 3.8) is 0 Å². The summed E-state index contributed by atoms with van der Waals surface area (Å²) < 4.78 is 1.90. The van der Waals surface area contributed by atoms with Crippen molar-refractivity contribution in [1.29, 1.82) is 0 Å². The normalized spacial score (nSPS) is 16.0.